The SMILES string of the molecule is CCNC(=NCCCn1cc(C)cn1)N1CCOC(c2cnn(C)c2)C1.I. The summed E-state index contributed by atoms with van der Waals surface area (Å²) >= 11 is 0. The van der Waals surface area contributed by atoms with Crippen LogP contribution in [0.5, 0.6) is 0 Å². The predicted octanol–water partition coefficient (Wildman–Crippen LogP) is 1.97. The summed E-state index contributed by atoms with van der Waals surface area (Å²) < 4.78 is 9.72. The van der Waals surface area contributed by atoms with Crippen molar-refractivity contribution in [1.82, 2.24) is 29.8 Å². The Morgan fingerprint density at radius 2 is 2.19 bits per heavy atom. The number of aliphatic imine (C=N–C) groups is 1. The number of aromatic nitrogens is 4. The van der Waals surface area contributed by atoms with Crippen LogP contribution in [-0.2, 0) is 18.3 Å². The zero-order chi connectivity index (χ0) is 18.4. The van der Waals surface area contributed by atoms with Crippen LogP contribution in [-0.4, -0.2) is 63.2 Å². The zero-order valence-electron chi connectivity index (χ0n) is 16.3. The van der Waals surface area contributed by atoms with Crippen LogP contribution in [0.25, 0.3) is 0 Å². The molecule has 9 heteroatoms. The van der Waals surface area contributed by atoms with Crippen molar-refractivity contribution in [2.75, 3.05) is 32.8 Å². The highest BCUT2D eigenvalue weighted by atomic mass is 127. The normalized spacial score (nSPS) is 17.7. The fourth-order valence-corrected chi connectivity index (χ4v) is 3.08. The lowest BCUT2D eigenvalue weighted by Gasteiger charge is -2.34. The topological polar surface area (TPSA) is 72.5 Å². The minimum Gasteiger partial charge on any atom is -0.370 e. The van der Waals surface area contributed by atoms with Gasteiger partial charge in [-0.05, 0) is 25.8 Å². The number of halogens is 1. The molecule has 1 aliphatic rings. The van der Waals surface area contributed by atoms with Gasteiger partial charge in [-0.1, -0.05) is 0 Å². The number of ether oxygens (including phenoxy) is 1. The van der Waals surface area contributed by atoms with Gasteiger partial charge in [-0.3, -0.25) is 14.4 Å². The Kier molecular flexibility index (Phi) is 8.55. The summed E-state index contributed by atoms with van der Waals surface area (Å²) in [5.41, 5.74) is 2.30. The minimum absolute atomic E-state index is 0. The molecule has 150 valence electrons. The summed E-state index contributed by atoms with van der Waals surface area (Å²) in [6, 6.07) is 0. The van der Waals surface area contributed by atoms with Crippen molar-refractivity contribution >= 4 is 29.9 Å². The fraction of sp³-hybridized carbons (Fsp3) is 0.611. The summed E-state index contributed by atoms with van der Waals surface area (Å²) in [5, 5.41) is 12.0. The highest BCUT2D eigenvalue weighted by Crippen LogP contribution is 2.21. The Morgan fingerprint density at radius 1 is 1.33 bits per heavy atom. The van der Waals surface area contributed by atoms with Crippen LogP contribution in [0, 0.1) is 6.92 Å². The number of aryl methyl sites for hydroxylation is 3. The molecule has 8 nitrogen and oxygen atoms in total. The van der Waals surface area contributed by atoms with Gasteiger partial charge in [-0.2, -0.15) is 10.2 Å². The first kappa shape index (κ1) is 21.7. The van der Waals surface area contributed by atoms with Crippen molar-refractivity contribution in [2.24, 2.45) is 12.0 Å². The number of hydrogen-bond acceptors (Lipinski definition) is 4. The lowest BCUT2D eigenvalue weighted by Crippen LogP contribution is -2.48. The fourth-order valence-electron chi connectivity index (χ4n) is 3.08. The van der Waals surface area contributed by atoms with E-state index in [9.17, 15) is 0 Å². The lowest BCUT2D eigenvalue weighted by atomic mass is 10.1. The van der Waals surface area contributed by atoms with Crippen LogP contribution in [0.15, 0.2) is 29.8 Å². The first-order valence-corrected chi connectivity index (χ1v) is 9.28. The summed E-state index contributed by atoms with van der Waals surface area (Å²) in [5.74, 6) is 0.960. The third kappa shape index (κ3) is 6.20. The van der Waals surface area contributed by atoms with Gasteiger partial charge in [-0.25, -0.2) is 0 Å². The van der Waals surface area contributed by atoms with E-state index in [2.05, 4.69) is 40.5 Å². The molecular weight excluding hydrogens is 457 g/mol. The molecule has 1 atom stereocenters. The molecule has 0 saturated carbocycles. The molecule has 0 aromatic carbocycles. The maximum Gasteiger partial charge on any atom is 0.194 e. The van der Waals surface area contributed by atoms with Crippen molar-refractivity contribution < 1.29 is 4.74 Å². The second kappa shape index (κ2) is 10.6. The van der Waals surface area contributed by atoms with E-state index in [0.717, 1.165) is 50.7 Å². The van der Waals surface area contributed by atoms with Gasteiger partial charge < -0.3 is 15.0 Å². The molecule has 2 aromatic heterocycles. The lowest BCUT2D eigenvalue weighted by molar-refractivity contribution is -0.00804. The van der Waals surface area contributed by atoms with Gasteiger partial charge in [0.2, 0.25) is 0 Å². The van der Waals surface area contributed by atoms with Crippen LogP contribution in [0.3, 0.4) is 0 Å². The van der Waals surface area contributed by atoms with E-state index in [4.69, 9.17) is 9.73 Å². The Hall–Kier alpha value is -1.62. The van der Waals surface area contributed by atoms with Crippen LogP contribution >= 0.6 is 24.0 Å². The second-order valence-corrected chi connectivity index (χ2v) is 6.62. The molecule has 3 heterocycles. The number of morpholine rings is 1. The molecule has 0 aliphatic carbocycles. The minimum atomic E-state index is 0. The summed E-state index contributed by atoms with van der Waals surface area (Å²) in [6.45, 7) is 9.00. The molecule has 1 aliphatic heterocycles. The van der Waals surface area contributed by atoms with E-state index in [1.165, 1.54) is 5.56 Å². The smallest absolute Gasteiger partial charge is 0.194 e. The Bertz CT molecular complexity index is 727. The summed E-state index contributed by atoms with van der Waals surface area (Å²) in [7, 11) is 1.93. The average molecular weight is 487 g/mol. The quantitative estimate of drug-likeness (QED) is 0.292. The van der Waals surface area contributed by atoms with Crippen LogP contribution in [0.2, 0.25) is 0 Å². The maximum atomic E-state index is 5.93. The Labute approximate surface area is 178 Å². The van der Waals surface area contributed by atoms with Gasteiger partial charge in [0.05, 0.1) is 25.5 Å². The molecule has 27 heavy (non-hydrogen) atoms. The van der Waals surface area contributed by atoms with E-state index in [-0.39, 0.29) is 30.1 Å². The van der Waals surface area contributed by atoms with Crippen molar-refractivity contribution in [3.63, 3.8) is 0 Å². The number of guanidine groups is 1. The zero-order valence-corrected chi connectivity index (χ0v) is 18.7. The maximum absolute atomic E-state index is 5.93. The third-order valence-electron chi connectivity index (χ3n) is 4.37. The van der Waals surface area contributed by atoms with Gasteiger partial charge in [0.1, 0.15) is 6.10 Å². The monoisotopic (exact) mass is 487 g/mol. The molecule has 2 aromatic rings. The van der Waals surface area contributed by atoms with E-state index in [1.54, 1.807) is 0 Å². The number of nitrogens with one attached hydrogen (secondary N) is 1. The van der Waals surface area contributed by atoms with Crippen molar-refractivity contribution in [1.29, 1.82) is 0 Å². The van der Waals surface area contributed by atoms with Gasteiger partial charge in [0.15, 0.2) is 5.96 Å². The molecule has 1 unspecified atom stereocenters. The Morgan fingerprint density at radius 3 is 2.85 bits per heavy atom. The Balaban J connectivity index is 0.00000261. The van der Waals surface area contributed by atoms with Crippen LogP contribution < -0.4 is 5.32 Å². The molecule has 1 fully saturated rings. The molecule has 0 amide bonds. The van der Waals surface area contributed by atoms with E-state index in [0.29, 0.717) is 6.61 Å². The number of nitrogens with zero attached hydrogens (tertiary/aromatic N) is 6. The number of hydrogen-bond donors (Lipinski definition) is 1. The molecule has 0 spiro atoms. The van der Waals surface area contributed by atoms with Gasteiger partial charge in [0, 0.05) is 51.2 Å². The largest absolute Gasteiger partial charge is 0.370 e. The van der Waals surface area contributed by atoms with Crippen LogP contribution in [0.1, 0.15) is 30.6 Å². The van der Waals surface area contributed by atoms with Gasteiger partial charge in [0.25, 0.3) is 0 Å². The molecule has 1 N–H and O–H groups in total. The van der Waals surface area contributed by atoms with Crippen LogP contribution in [0.4, 0.5) is 0 Å². The summed E-state index contributed by atoms with van der Waals surface area (Å²) in [4.78, 5) is 7.09. The highest BCUT2D eigenvalue weighted by molar-refractivity contribution is 14.0. The molecule has 1 saturated heterocycles. The van der Waals surface area contributed by atoms with Crippen molar-refractivity contribution in [3.05, 3.63) is 35.9 Å². The number of rotatable bonds is 6. The van der Waals surface area contributed by atoms with Gasteiger partial charge >= 0.3 is 0 Å². The van der Waals surface area contributed by atoms with Crippen molar-refractivity contribution in [3.8, 4) is 0 Å². The standard InChI is InChI=1S/C18H29N7O.HI/c1-4-19-18(20-6-5-7-25-12-15(2)10-22-25)24-8-9-26-17(14-24)16-11-21-23(3)13-16;/h10-13,17H,4-9,14H2,1-3H3,(H,19,20);1H. The molecule has 3 rings (SSSR count). The van der Waals surface area contributed by atoms with Crippen molar-refractivity contribution in [2.45, 2.75) is 32.9 Å². The summed E-state index contributed by atoms with van der Waals surface area (Å²) in [6.07, 6.45) is 8.85. The highest BCUT2D eigenvalue weighted by Gasteiger charge is 2.25. The average Bonchev–Trinajstić information content (AvgIpc) is 3.26. The molecule has 0 radical (unpaired) electrons. The van der Waals surface area contributed by atoms with Gasteiger partial charge in [-0.15, -0.1) is 24.0 Å². The first-order valence-electron chi connectivity index (χ1n) is 9.28. The molecular formula is C18H30IN7O. The molecule has 0 bridgehead atoms. The van der Waals surface area contributed by atoms with E-state index in [1.807, 2.05) is 35.0 Å². The first-order chi connectivity index (χ1) is 12.7. The second-order valence-electron chi connectivity index (χ2n) is 6.62. The predicted molar refractivity (Wildman–Crippen MR) is 116 cm³/mol. The van der Waals surface area contributed by atoms with E-state index >= 15 is 0 Å². The van der Waals surface area contributed by atoms with E-state index < -0.39 is 0 Å². The third-order valence-corrected chi connectivity index (χ3v) is 4.37.